The Hall–Kier alpha value is -2.42. The van der Waals surface area contributed by atoms with E-state index in [9.17, 15) is 9.59 Å². The van der Waals surface area contributed by atoms with Gasteiger partial charge in [0.25, 0.3) is 0 Å². The topological polar surface area (TPSA) is 89.9 Å². The van der Waals surface area contributed by atoms with Gasteiger partial charge in [0, 0.05) is 32.9 Å². The fourth-order valence-corrected chi connectivity index (χ4v) is 3.97. The zero-order valence-electron chi connectivity index (χ0n) is 16.4. The fraction of sp³-hybridized carbons (Fsp3) is 0.300. The molecule has 0 fully saturated rings. The van der Waals surface area contributed by atoms with Crippen LogP contribution in [0.15, 0.2) is 46.0 Å². The second kappa shape index (κ2) is 9.59. The number of carbonyl (C=O) groups excluding carboxylic acids is 2. The standard InChI is InChI=1S/C20H19Cl2N3O4S/c1-4-28-19(26)11(3)29-20(27)15-10(2)24-17(18-23-7-8-30-18)25-16(15)13-6-5-12(21)9-14(13)22/h5-9,11,16H,4H2,1-3H3,(H,24,25)/t11-,16+/m1/s1. The predicted octanol–water partition coefficient (Wildman–Crippen LogP) is 4.31. The van der Waals surface area contributed by atoms with Crippen molar-refractivity contribution in [3.05, 3.63) is 61.7 Å². The van der Waals surface area contributed by atoms with Gasteiger partial charge in [0.05, 0.1) is 12.2 Å². The van der Waals surface area contributed by atoms with Crippen molar-refractivity contribution in [1.82, 2.24) is 10.3 Å². The number of nitrogens with zero attached hydrogens (tertiary/aromatic N) is 2. The Bertz CT molecular complexity index is 1020. The van der Waals surface area contributed by atoms with Crippen LogP contribution in [0.2, 0.25) is 10.0 Å². The number of aromatic nitrogens is 1. The largest absolute Gasteiger partial charge is 0.463 e. The van der Waals surface area contributed by atoms with Gasteiger partial charge >= 0.3 is 11.9 Å². The molecule has 0 amide bonds. The van der Waals surface area contributed by atoms with Gasteiger partial charge in [-0.05, 0) is 32.9 Å². The van der Waals surface area contributed by atoms with E-state index in [1.165, 1.54) is 18.3 Å². The van der Waals surface area contributed by atoms with Crippen molar-refractivity contribution < 1.29 is 19.1 Å². The van der Waals surface area contributed by atoms with Crippen molar-refractivity contribution in [2.75, 3.05) is 6.61 Å². The molecule has 0 saturated carbocycles. The number of carbonyl (C=O) groups is 2. The number of hydrogen-bond donors (Lipinski definition) is 1. The zero-order valence-corrected chi connectivity index (χ0v) is 18.8. The zero-order chi connectivity index (χ0) is 21.8. The third kappa shape index (κ3) is 4.83. The summed E-state index contributed by atoms with van der Waals surface area (Å²) in [6, 6.07) is 4.19. The van der Waals surface area contributed by atoms with Crippen molar-refractivity contribution in [1.29, 1.82) is 0 Å². The van der Waals surface area contributed by atoms with Gasteiger partial charge in [0.1, 0.15) is 6.04 Å². The molecule has 0 aliphatic carbocycles. The molecule has 0 spiro atoms. The van der Waals surface area contributed by atoms with E-state index in [0.717, 1.165) is 0 Å². The fourth-order valence-electron chi connectivity index (χ4n) is 2.87. The Morgan fingerprint density at radius 1 is 1.33 bits per heavy atom. The number of nitrogens with one attached hydrogen (secondary N) is 1. The minimum absolute atomic E-state index is 0.189. The number of esters is 2. The van der Waals surface area contributed by atoms with Crippen LogP contribution in [0.1, 0.15) is 37.4 Å². The van der Waals surface area contributed by atoms with E-state index in [-0.39, 0.29) is 12.2 Å². The van der Waals surface area contributed by atoms with E-state index in [1.807, 2.05) is 5.38 Å². The quantitative estimate of drug-likeness (QED) is 0.636. The van der Waals surface area contributed by atoms with Crippen molar-refractivity contribution in [3.63, 3.8) is 0 Å². The number of halogens is 2. The van der Waals surface area contributed by atoms with Gasteiger partial charge in [-0.1, -0.05) is 29.3 Å². The summed E-state index contributed by atoms with van der Waals surface area (Å²) in [7, 11) is 0. The Morgan fingerprint density at radius 2 is 2.10 bits per heavy atom. The molecule has 3 rings (SSSR count). The highest BCUT2D eigenvalue weighted by molar-refractivity contribution is 7.11. The van der Waals surface area contributed by atoms with Crippen LogP contribution < -0.4 is 5.32 Å². The van der Waals surface area contributed by atoms with E-state index in [0.29, 0.717) is 32.1 Å². The molecule has 1 aromatic heterocycles. The molecule has 2 atom stereocenters. The van der Waals surface area contributed by atoms with Crippen LogP contribution in [0.4, 0.5) is 0 Å². The molecular weight excluding hydrogens is 449 g/mol. The average molecular weight is 468 g/mol. The molecule has 1 aliphatic rings. The van der Waals surface area contributed by atoms with Crippen molar-refractivity contribution in [2.45, 2.75) is 32.9 Å². The van der Waals surface area contributed by atoms with Crippen LogP contribution in [0, 0.1) is 0 Å². The lowest BCUT2D eigenvalue weighted by molar-refractivity contribution is -0.164. The first-order valence-electron chi connectivity index (χ1n) is 9.09. The van der Waals surface area contributed by atoms with E-state index in [4.69, 9.17) is 32.7 Å². The smallest absolute Gasteiger partial charge is 0.347 e. The summed E-state index contributed by atoms with van der Waals surface area (Å²) in [6.45, 7) is 5.05. The van der Waals surface area contributed by atoms with Gasteiger partial charge in [-0.15, -0.1) is 11.3 Å². The summed E-state index contributed by atoms with van der Waals surface area (Å²) in [5.74, 6) is -0.812. The number of rotatable bonds is 6. The molecule has 1 aromatic carbocycles. The average Bonchev–Trinajstić information content (AvgIpc) is 3.22. The molecule has 10 heteroatoms. The molecule has 2 heterocycles. The van der Waals surface area contributed by atoms with Crippen LogP contribution in [0.25, 0.3) is 0 Å². The lowest BCUT2D eigenvalue weighted by Gasteiger charge is -2.26. The van der Waals surface area contributed by atoms with Gasteiger partial charge < -0.3 is 14.8 Å². The van der Waals surface area contributed by atoms with Crippen LogP contribution in [0.5, 0.6) is 0 Å². The second-order valence-electron chi connectivity index (χ2n) is 6.35. The van der Waals surface area contributed by atoms with E-state index in [2.05, 4.69) is 15.3 Å². The molecule has 2 aromatic rings. The van der Waals surface area contributed by atoms with Crippen molar-refractivity contribution in [2.24, 2.45) is 4.99 Å². The second-order valence-corrected chi connectivity index (χ2v) is 8.08. The van der Waals surface area contributed by atoms with E-state index >= 15 is 0 Å². The highest BCUT2D eigenvalue weighted by Gasteiger charge is 2.34. The Kier molecular flexibility index (Phi) is 7.12. The minimum atomic E-state index is -1.07. The molecule has 0 bridgehead atoms. The molecule has 1 aliphatic heterocycles. The van der Waals surface area contributed by atoms with Gasteiger partial charge in [0.15, 0.2) is 16.9 Å². The Labute approximate surface area is 187 Å². The van der Waals surface area contributed by atoms with Gasteiger partial charge in [0.2, 0.25) is 0 Å². The maximum Gasteiger partial charge on any atom is 0.347 e. The summed E-state index contributed by atoms with van der Waals surface area (Å²) in [6.07, 6.45) is 0.599. The predicted molar refractivity (Wildman–Crippen MR) is 116 cm³/mol. The first-order chi connectivity index (χ1) is 14.3. The first kappa shape index (κ1) is 22.3. The molecule has 158 valence electrons. The third-order valence-electron chi connectivity index (χ3n) is 4.26. The maximum atomic E-state index is 13.0. The maximum absolute atomic E-state index is 13.0. The molecule has 0 saturated heterocycles. The van der Waals surface area contributed by atoms with Crippen molar-refractivity contribution >= 4 is 52.3 Å². The highest BCUT2D eigenvalue weighted by atomic mass is 35.5. The van der Waals surface area contributed by atoms with E-state index < -0.39 is 24.1 Å². The Balaban J connectivity index is 2.00. The molecule has 30 heavy (non-hydrogen) atoms. The molecule has 7 nitrogen and oxygen atoms in total. The number of allylic oxidation sites excluding steroid dienone is 1. The third-order valence-corrected chi connectivity index (χ3v) is 5.60. The lowest BCUT2D eigenvalue weighted by atomic mass is 9.96. The number of hydrogen-bond acceptors (Lipinski definition) is 8. The lowest BCUT2D eigenvalue weighted by Crippen LogP contribution is -2.35. The van der Waals surface area contributed by atoms with Crippen molar-refractivity contribution in [3.8, 4) is 0 Å². The normalized spacial score (nSPS) is 17.1. The van der Waals surface area contributed by atoms with Gasteiger partial charge in [-0.2, -0.15) is 0 Å². The monoisotopic (exact) mass is 467 g/mol. The number of ether oxygens (including phenoxy) is 2. The van der Waals surface area contributed by atoms with Gasteiger partial charge in [-0.3, -0.25) is 4.99 Å². The highest BCUT2D eigenvalue weighted by Crippen LogP contribution is 2.37. The van der Waals surface area contributed by atoms with Crippen LogP contribution in [-0.4, -0.2) is 35.5 Å². The SMILES string of the molecule is CCOC(=O)[C@@H](C)OC(=O)C1=C(C)NC(c2nccs2)=N[C@H]1c1ccc(Cl)cc1Cl. The van der Waals surface area contributed by atoms with Crippen LogP contribution >= 0.6 is 34.5 Å². The molecular formula is C20H19Cl2N3O4S. The summed E-state index contributed by atoms with van der Waals surface area (Å²) < 4.78 is 10.3. The number of benzene rings is 1. The Morgan fingerprint density at radius 3 is 2.73 bits per heavy atom. The van der Waals surface area contributed by atoms with Gasteiger partial charge in [-0.25, -0.2) is 14.6 Å². The minimum Gasteiger partial charge on any atom is -0.463 e. The molecule has 0 unspecified atom stereocenters. The summed E-state index contributed by atoms with van der Waals surface area (Å²) in [4.78, 5) is 33.8. The number of thiazole rings is 1. The summed E-state index contributed by atoms with van der Waals surface area (Å²) in [5, 5.41) is 6.41. The number of aliphatic imine (C=N–C) groups is 1. The first-order valence-corrected chi connectivity index (χ1v) is 10.7. The molecule has 0 radical (unpaired) electrons. The summed E-state index contributed by atoms with van der Waals surface area (Å²) >= 11 is 13.9. The van der Waals surface area contributed by atoms with Crippen LogP contribution in [-0.2, 0) is 19.1 Å². The van der Waals surface area contributed by atoms with E-state index in [1.54, 1.807) is 38.2 Å². The molecule has 1 N–H and O–H groups in total. The number of amidine groups is 1. The van der Waals surface area contributed by atoms with Crippen LogP contribution in [0.3, 0.4) is 0 Å². The summed E-state index contributed by atoms with van der Waals surface area (Å²) in [5.41, 5.74) is 1.33.